The Bertz CT molecular complexity index is 1030. The number of hydrogen-bond donors (Lipinski definition) is 3. The average molecular weight is 390 g/mol. The van der Waals surface area contributed by atoms with Crippen LogP contribution in [-0.2, 0) is 4.79 Å². The predicted molar refractivity (Wildman–Crippen MR) is 109 cm³/mol. The number of benzene rings is 2. The minimum Gasteiger partial charge on any atom is -0.480 e. The van der Waals surface area contributed by atoms with Crippen molar-refractivity contribution in [2.45, 2.75) is 25.4 Å². The molecule has 0 spiro atoms. The third-order valence-corrected chi connectivity index (χ3v) is 5.16. The van der Waals surface area contributed by atoms with E-state index in [1.54, 1.807) is 4.68 Å². The van der Waals surface area contributed by atoms with Crippen LogP contribution >= 0.6 is 0 Å². The van der Waals surface area contributed by atoms with Gasteiger partial charge in [-0.1, -0.05) is 48.5 Å². The molecule has 0 radical (unpaired) electrons. The smallest absolute Gasteiger partial charge is 0.320 e. The number of rotatable bonds is 5. The molecule has 7 nitrogen and oxygen atoms in total. The van der Waals surface area contributed by atoms with E-state index < -0.39 is 12.0 Å². The van der Waals surface area contributed by atoms with E-state index in [2.05, 4.69) is 10.6 Å². The first-order chi connectivity index (χ1) is 14.0. The molecule has 1 aromatic heterocycles. The van der Waals surface area contributed by atoms with Gasteiger partial charge in [0.05, 0.1) is 16.9 Å². The second-order valence-electron chi connectivity index (χ2n) is 7.13. The molecule has 1 amide bonds. The zero-order valence-electron chi connectivity index (χ0n) is 16.0. The maximum Gasteiger partial charge on any atom is 0.320 e. The Hall–Kier alpha value is -3.45. The Morgan fingerprint density at radius 2 is 1.76 bits per heavy atom. The van der Waals surface area contributed by atoms with Gasteiger partial charge in [0, 0.05) is 18.2 Å². The lowest BCUT2D eigenvalue weighted by Crippen LogP contribution is -2.36. The predicted octanol–water partition coefficient (Wildman–Crippen LogP) is 2.39. The molecule has 2 aromatic carbocycles. The van der Waals surface area contributed by atoms with Gasteiger partial charge in [0.15, 0.2) is 0 Å². The molecule has 0 bridgehead atoms. The Labute approximate surface area is 168 Å². The molecule has 2 heterocycles. The zero-order chi connectivity index (χ0) is 20.4. The number of para-hydroxylation sites is 1. The fourth-order valence-corrected chi connectivity index (χ4v) is 3.68. The van der Waals surface area contributed by atoms with Crippen molar-refractivity contribution in [2.24, 2.45) is 0 Å². The summed E-state index contributed by atoms with van der Waals surface area (Å²) in [5, 5.41) is 19.8. The minimum atomic E-state index is -0.903. The van der Waals surface area contributed by atoms with Gasteiger partial charge >= 0.3 is 5.97 Å². The van der Waals surface area contributed by atoms with E-state index in [4.69, 9.17) is 10.2 Å². The van der Waals surface area contributed by atoms with Crippen LogP contribution in [0.1, 0.15) is 22.5 Å². The van der Waals surface area contributed by atoms with Crippen LogP contribution in [-0.4, -0.2) is 45.4 Å². The number of nitrogens with zero attached hydrogens (tertiary/aromatic N) is 2. The molecule has 3 N–H and O–H groups in total. The van der Waals surface area contributed by atoms with E-state index in [-0.39, 0.29) is 11.9 Å². The summed E-state index contributed by atoms with van der Waals surface area (Å²) in [4.78, 5) is 24.4. The topological polar surface area (TPSA) is 96.2 Å². The van der Waals surface area contributed by atoms with Gasteiger partial charge in [0.1, 0.15) is 11.7 Å². The van der Waals surface area contributed by atoms with Gasteiger partial charge in [-0.05, 0) is 25.5 Å². The zero-order valence-corrected chi connectivity index (χ0v) is 16.0. The van der Waals surface area contributed by atoms with E-state index in [9.17, 15) is 9.59 Å². The number of amides is 1. The summed E-state index contributed by atoms with van der Waals surface area (Å²) in [6.07, 6.45) is 0.355. The fraction of sp³-hybridized carbons (Fsp3) is 0.227. The molecule has 0 aliphatic carbocycles. The second kappa shape index (κ2) is 7.89. The summed E-state index contributed by atoms with van der Waals surface area (Å²) < 4.78 is 1.77. The van der Waals surface area contributed by atoms with Gasteiger partial charge in [-0.25, -0.2) is 4.68 Å². The van der Waals surface area contributed by atoms with Crippen molar-refractivity contribution < 1.29 is 14.7 Å². The van der Waals surface area contributed by atoms with Crippen molar-refractivity contribution in [3.05, 3.63) is 71.9 Å². The minimum absolute atomic E-state index is 0.244. The van der Waals surface area contributed by atoms with Crippen molar-refractivity contribution >= 4 is 11.9 Å². The molecule has 0 unspecified atom stereocenters. The highest BCUT2D eigenvalue weighted by atomic mass is 16.4. The highest BCUT2D eigenvalue weighted by Crippen LogP contribution is 2.27. The molecule has 1 aliphatic heterocycles. The summed E-state index contributed by atoms with van der Waals surface area (Å²) in [6.45, 7) is 2.30. The van der Waals surface area contributed by atoms with Crippen molar-refractivity contribution in [2.75, 3.05) is 6.54 Å². The van der Waals surface area contributed by atoms with Crippen LogP contribution in [0.4, 0.5) is 0 Å². The molecular weight excluding hydrogens is 368 g/mol. The number of hydrogen-bond acceptors (Lipinski definition) is 4. The first kappa shape index (κ1) is 18.9. The largest absolute Gasteiger partial charge is 0.480 e. The molecule has 29 heavy (non-hydrogen) atoms. The second-order valence-corrected chi connectivity index (χ2v) is 7.13. The average Bonchev–Trinajstić information content (AvgIpc) is 3.34. The van der Waals surface area contributed by atoms with Gasteiger partial charge in [0.2, 0.25) is 0 Å². The Morgan fingerprint density at radius 1 is 1.10 bits per heavy atom. The monoisotopic (exact) mass is 390 g/mol. The third kappa shape index (κ3) is 3.77. The summed E-state index contributed by atoms with van der Waals surface area (Å²) in [7, 11) is 0. The molecule has 1 saturated heterocycles. The van der Waals surface area contributed by atoms with Gasteiger partial charge < -0.3 is 15.7 Å². The van der Waals surface area contributed by atoms with Gasteiger partial charge in [0.25, 0.3) is 5.91 Å². The van der Waals surface area contributed by atoms with Crippen LogP contribution < -0.4 is 10.6 Å². The summed E-state index contributed by atoms with van der Waals surface area (Å²) in [5.41, 5.74) is 3.55. The number of carbonyl (C=O) groups excluding carboxylic acids is 1. The summed E-state index contributed by atoms with van der Waals surface area (Å²) >= 11 is 0. The standard InChI is InChI=1S/C22H22N4O3/c1-14-19(21(27)24-16-12-18(22(28)29)23-13-16)20(15-8-4-2-5-9-15)25-26(14)17-10-6-3-7-11-17/h2-11,16,18,23H,12-13H2,1H3,(H,24,27)(H,28,29)/t16-,18-/m0/s1. The van der Waals surface area contributed by atoms with E-state index in [1.807, 2.05) is 67.6 Å². The number of carboxylic acids is 1. The molecule has 1 aliphatic rings. The molecule has 4 rings (SSSR count). The lowest BCUT2D eigenvalue weighted by molar-refractivity contribution is -0.139. The van der Waals surface area contributed by atoms with Crippen LogP contribution in [0.3, 0.4) is 0 Å². The number of nitrogens with one attached hydrogen (secondary N) is 2. The highest BCUT2D eigenvalue weighted by molar-refractivity contribution is 6.01. The van der Waals surface area contributed by atoms with E-state index in [1.165, 1.54) is 0 Å². The normalized spacial score (nSPS) is 18.5. The van der Waals surface area contributed by atoms with E-state index >= 15 is 0 Å². The highest BCUT2D eigenvalue weighted by Gasteiger charge is 2.32. The van der Waals surface area contributed by atoms with Crippen LogP contribution in [0.15, 0.2) is 60.7 Å². The Kier molecular flexibility index (Phi) is 5.14. The number of carboxylic acid groups (broad SMARTS) is 1. The molecule has 3 aromatic rings. The first-order valence-electron chi connectivity index (χ1n) is 9.52. The summed E-state index contributed by atoms with van der Waals surface area (Å²) in [5.74, 6) is -1.15. The number of aliphatic carboxylic acids is 1. The maximum atomic E-state index is 13.2. The van der Waals surface area contributed by atoms with Crippen molar-refractivity contribution in [1.82, 2.24) is 20.4 Å². The molecule has 148 valence electrons. The first-order valence-corrected chi connectivity index (χ1v) is 9.52. The third-order valence-electron chi connectivity index (χ3n) is 5.16. The quantitative estimate of drug-likeness (QED) is 0.622. The fourth-order valence-electron chi connectivity index (χ4n) is 3.68. The van der Waals surface area contributed by atoms with Crippen LogP contribution in [0.2, 0.25) is 0 Å². The molecule has 7 heteroatoms. The molecule has 1 fully saturated rings. The van der Waals surface area contributed by atoms with E-state index in [0.29, 0.717) is 24.2 Å². The van der Waals surface area contributed by atoms with Crippen LogP contribution in [0, 0.1) is 6.92 Å². The number of carbonyl (C=O) groups is 2. The van der Waals surface area contributed by atoms with E-state index in [0.717, 1.165) is 16.9 Å². The van der Waals surface area contributed by atoms with Gasteiger partial charge in [-0.3, -0.25) is 9.59 Å². The van der Waals surface area contributed by atoms with Crippen molar-refractivity contribution in [3.63, 3.8) is 0 Å². The summed E-state index contributed by atoms with van der Waals surface area (Å²) in [6, 6.07) is 18.4. The van der Waals surface area contributed by atoms with Crippen molar-refractivity contribution in [1.29, 1.82) is 0 Å². The Balaban J connectivity index is 1.70. The molecule has 2 atom stereocenters. The lowest BCUT2D eigenvalue weighted by atomic mass is 10.0. The number of aromatic nitrogens is 2. The molecular formula is C22H22N4O3. The van der Waals surface area contributed by atoms with Crippen LogP contribution in [0.25, 0.3) is 16.9 Å². The molecule has 0 saturated carbocycles. The van der Waals surface area contributed by atoms with Crippen LogP contribution in [0.5, 0.6) is 0 Å². The Morgan fingerprint density at radius 3 is 2.38 bits per heavy atom. The van der Waals surface area contributed by atoms with Gasteiger partial charge in [-0.2, -0.15) is 5.10 Å². The van der Waals surface area contributed by atoms with Gasteiger partial charge in [-0.15, -0.1) is 0 Å². The maximum absolute atomic E-state index is 13.2. The SMILES string of the molecule is Cc1c(C(=O)N[C@@H]2CN[C@H](C(=O)O)C2)c(-c2ccccc2)nn1-c1ccccc1. The van der Waals surface area contributed by atoms with Crippen molar-refractivity contribution in [3.8, 4) is 16.9 Å². The lowest BCUT2D eigenvalue weighted by Gasteiger charge is -2.12.